The molecule has 1 aromatic carbocycles. The largest absolute Gasteiger partial charge is 0.380 e. The minimum atomic E-state index is 0.434. The summed E-state index contributed by atoms with van der Waals surface area (Å²) < 4.78 is 5.58. The van der Waals surface area contributed by atoms with Crippen LogP contribution >= 0.6 is 0 Å². The highest BCUT2D eigenvalue weighted by Crippen LogP contribution is 2.19. The molecule has 1 unspecified atom stereocenters. The second kappa shape index (κ2) is 10.9. The molecule has 134 valence electrons. The maximum Gasteiger partial charge on any atom is 0.191 e. The number of hydrogen-bond acceptors (Lipinski definition) is 3. The zero-order valence-corrected chi connectivity index (χ0v) is 15.1. The van der Waals surface area contributed by atoms with Gasteiger partial charge in [0, 0.05) is 38.0 Å². The summed E-state index contributed by atoms with van der Waals surface area (Å²) >= 11 is 0. The van der Waals surface area contributed by atoms with Crippen molar-refractivity contribution in [3.05, 3.63) is 30.3 Å². The number of benzene rings is 1. The van der Waals surface area contributed by atoms with Crippen LogP contribution in [0.15, 0.2) is 35.3 Å². The number of hydrogen-bond donors (Lipinski definition) is 2. The number of aliphatic imine (C=N–C) groups is 1. The van der Waals surface area contributed by atoms with Gasteiger partial charge in [-0.05, 0) is 31.9 Å². The third-order valence-electron chi connectivity index (χ3n) is 4.14. The van der Waals surface area contributed by atoms with Crippen molar-refractivity contribution in [2.45, 2.75) is 39.2 Å². The van der Waals surface area contributed by atoms with Gasteiger partial charge in [0.05, 0.1) is 13.2 Å². The highest BCUT2D eigenvalue weighted by molar-refractivity contribution is 5.80. The number of para-hydroxylation sites is 1. The normalized spacial score (nSPS) is 18.0. The van der Waals surface area contributed by atoms with Gasteiger partial charge in [0.25, 0.3) is 0 Å². The number of ether oxygens (including phenoxy) is 1. The molecule has 1 aliphatic heterocycles. The summed E-state index contributed by atoms with van der Waals surface area (Å²) in [6.45, 7) is 9.48. The first-order valence-electron chi connectivity index (χ1n) is 9.26. The number of anilines is 1. The molecule has 24 heavy (non-hydrogen) atoms. The summed E-state index contributed by atoms with van der Waals surface area (Å²) in [6.07, 6.45) is 3.43. The topological polar surface area (TPSA) is 48.9 Å². The summed E-state index contributed by atoms with van der Waals surface area (Å²) in [5.41, 5.74) is 1.30. The van der Waals surface area contributed by atoms with Crippen LogP contribution in [0.2, 0.25) is 0 Å². The van der Waals surface area contributed by atoms with Gasteiger partial charge < -0.3 is 20.3 Å². The first-order chi connectivity index (χ1) is 11.8. The van der Waals surface area contributed by atoms with Crippen molar-refractivity contribution in [3.8, 4) is 0 Å². The summed E-state index contributed by atoms with van der Waals surface area (Å²) in [5.74, 6) is 0.900. The maximum atomic E-state index is 5.58. The van der Waals surface area contributed by atoms with Crippen molar-refractivity contribution >= 4 is 11.6 Å². The molecule has 1 saturated heterocycles. The number of nitrogens with one attached hydrogen (secondary N) is 2. The van der Waals surface area contributed by atoms with E-state index in [0.717, 1.165) is 45.0 Å². The molecule has 1 fully saturated rings. The average Bonchev–Trinajstić information content (AvgIpc) is 3.07. The highest BCUT2D eigenvalue weighted by Gasteiger charge is 2.23. The first kappa shape index (κ1) is 18.6. The Labute approximate surface area is 146 Å². The van der Waals surface area contributed by atoms with Gasteiger partial charge in [-0.1, -0.05) is 31.5 Å². The second-order valence-corrected chi connectivity index (χ2v) is 6.14. The lowest BCUT2D eigenvalue weighted by Gasteiger charge is -2.20. The molecule has 5 nitrogen and oxygen atoms in total. The van der Waals surface area contributed by atoms with Gasteiger partial charge in [0.2, 0.25) is 0 Å². The summed E-state index contributed by atoms with van der Waals surface area (Å²) in [6, 6.07) is 11.0. The Hall–Kier alpha value is -1.75. The molecule has 0 radical (unpaired) electrons. The van der Waals surface area contributed by atoms with Gasteiger partial charge in [0.15, 0.2) is 5.96 Å². The minimum Gasteiger partial charge on any atom is -0.380 e. The Morgan fingerprint density at radius 1 is 1.25 bits per heavy atom. The molecule has 1 aliphatic rings. The lowest BCUT2D eigenvalue weighted by atomic mass is 10.3. The monoisotopic (exact) mass is 332 g/mol. The van der Waals surface area contributed by atoms with Gasteiger partial charge in [-0.3, -0.25) is 4.99 Å². The molecule has 1 aromatic rings. The fourth-order valence-electron chi connectivity index (χ4n) is 2.84. The zero-order chi connectivity index (χ0) is 17.0. The van der Waals surface area contributed by atoms with E-state index in [4.69, 9.17) is 4.74 Å². The van der Waals surface area contributed by atoms with Crippen LogP contribution in [0.1, 0.15) is 33.1 Å². The summed E-state index contributed by atoms with van der Waals surface area (Å²) in [5, 5.41) is 6.89. The van der Waals surface area contributed by atoms with Crippen LogP contribution in [0.5, 0.6) is 0 Å². The third-order valence-corrected chi connectivity index (χ3v) is 4.14. The van der Waals surface area contributed by atoms with Crippen molar-refractivity contribution in [1.82, 2.24) is 10.6 Å². The first-order valence-corrected chi connectivity index (χ1v) is 9.26. The van der Waals surface area contributed by atoms with E-state index in [1.807, 2.05) is 0 Å². The summed E-state index contributed by atoms with van der Waals surface area (Å²) in [7, 11) is 0. The molecule has 0 saturated carbocycles. The van der Waals surface area contributed by atoms with Gasteiger partial charge in [-0.15, -0.1) is 0 Å². The lowest BCUT2D eigenvalue weighted by molar-refractivity contribution is 0.139. The quantitative estimate of drug-likeness (QED) is 0.415. The number of guanidine groups is 1. The zero-order valence-electron chi connectivity index (χ0n) is 15.1. The fraction of sp³-hybridized carbons (Fsp3) is 0.632. The van der Waals surface area contributed by atoms with Crippen molar-refractivity contribution in [2.24, 2.45) is 4.99 Å². The molecule has 0 aromatic heterocycles. The number of nitrogens with zero attached hydrogens (tertiary/aromatic N) is 2. The minimum absolute atomic E-state index is 0.434. The van der Waals surface area contributed by atoms with Crippen LogP contribution in [-0.4, -0.2) is 51.4 Å². The predicted molar refractivity (Wildman–Crippen MR) is 102 cm³/mol. The third kappa shape index (κ3) is 6.40. The smallest absolute Gasteiger partial charge is 0.191 e. The van der Waals surface area contributed by atoms with E-state index >= 15 is 0 Å². The molecule has 2 N–H and O–H groups in total. The Balaban J connectivity index is 1.76. The maximum absolute atomic E-state index is 5.58. The Kier molecular flexibility index (Phi) is 8.46. The molecule has 0 amide bonds. The van der Waals surface area contributed by atoms with E-state index in [2.05, 4.69) is 64.7 Å². The molecule has 0 bridgehead atoms. The van der Waals surface area contributed by atoms with Gasteiger partial charge >= 0.3 is 0 Å². The lowest BCUT2D eigenvalue weighted by Crippen LogP contribution is -2.44. The molecule has 0 spiro atoms. The number of rotatable bonds is 9. The van der Waals surface area contributed by atoms with E-state index in [1.165, 1.54) is 12.1 Å². The van der Waals surface area contributed by atoms with Gasteiger partial charge in [-0.25, -0.2) is 0 Å². The van der Waals surface area contributed by atoms with E-state index in [0.29, 0.717) is 19.2 Å². The Morgan fingerprint density at radius 3 is 2.83 bits per heavy atom. The van der Waals surface area contributed by atoms with E-state index < -0.39 is 0 Å². The summed E-state index contributed by atoms with van der Waals surface area (Å²) in [4.78, 5) is 7.05. The van der Waals surface area contributed by atoms with Gasteiger partial charge in [-0.2, -0.15) is 0 Å². The van der Waals surface area contributed by atoms with Crippen LogP contribution in [-0.2, 0) is 4.74 Å². The SMILES string of the molecule is CCCCOCCN=C(NCC)NC1CCN(c2ccccc2)C1. The average molecular weight is 332 g/mol. The van der Waals surface area contributed by atoms with Crippen molar-refractivity contribution in [1.29, 1.82) is 0 Å². The standard InChI is InChI=1S/C19H32N4O/c1-3-5-14-24-15-12-21-19(20-4-2)22-17-11-13-23(16-17)18-9-7-6-8-10-18/h6-10,17H,3-5,11-16H2,1-2H3,(H2,20,21,22). The van der Waals surface area contributed by atoms with E-state index in [-0.39, 0.29) is 0 Å². The number of unbranched alkanes of at least 4 members (excludes halogenated alkanes) is 1. The Bertz CT molecular complexity index is 478. The molecule has 5 heteroatoms. The molecular formula is C19H32N4O. The van der Waals surface area contributed by atoms with E-state index in [9.17, 15) is 0 Å². The van der Waals surface area contributed by atoms with Crippen LogP contribution in [0, 0.1) is 0 Å². The molecule has 1 atom stereocenters. The van der Waals surface area contributed by atoms with Crippen molar-refractivity contribution in [3.63, 3.8) is 0 Å². The van der Waals surface area contributed by atoms with Crippen LogP contribution < -0.4 is 15.5 Å². The van der Waals surface area contributed by atoms with E-state index in [1.54, 1.807) is 0 Å². The van der Waals surface area contributed by atoms with Crippen molar-refractivity contribution < 1.29 is 4.74 Å². The molecule has 2 rings (SSSR count). The van der Waals surface area contributed by atoms with Crippen LogP contribution in [0.4, 0.5) is 5.69 Å². The van der Waals surface area contributed by atoms with Crippen molar-refractivity contribution in [2.75, 3.05) is 44.3 Å². The van der Waals surface area contributed by atoms with Crippen LogP contribution in [0.3, 0.4) is 0 Å². The Morgan fingerprint density at radius 2 is 2.08 bits per heavy atom. The van der Waals surface area contributed by atoms with Crippen LogP contribution in [0.25, 0.3) is 0 Å². The highest BCUT2D eigenvalue weighted by atomic mass is 16.5. The molecule has 0 aliphatic carbocycles. The second-order valence-electron chi connectivity index (χ2n) is 6.14. The molecule has 1 heterocycles. The molecular weight excluding hydrogens is 300 g/mol. The predicted octanol–water partition coefficient (Wildman–Crippen LogP) is 2.64. The van der Waals surface area contributed by atoms with Gasteiger partial charge in [0.1, 0.15) is 0 Å². The fourth-order valence-corrected chi connectivity index (χ4v) is 2.84.